The molecular weight excluding hydrogens is 226 g/mol. The number of amides is 1. The van der Waals surface area contributed by atoms with Gasteiger partial charge in [-0.1, -0.05) is 12.8 Å². The van der Waals surface area contributed by atoms with E-state index < -0.39 is 5.38 Å². The topological polar surface area (TPSA) is 40.5 Å². The Balaban J connectivity index is 2.10. The van der Waals surface area contributed by atoms with Crippen molar-refractivity contribution in [1.29, 1.82) is 0 Å². The van der Waals surface area contributed by atoms with Crippen LogP contribution in [0.4, 0.5) is 0 Å². The molecule has 2 aliphatic rings. The Morgan fingerprint density at radius 2 is 2.38 bits per heavy atom. The number of alkyl halides is 1. The summed E-state index contributed by atoms with van der Waals surface area (Å²) in [5.74, 6) is 0.495. The van der Waals surface area contributed by atoms with Gasteiger partial charge in [-0.15, -0.1) is 11.6 Å². The fourth-order valence-corrected chi connectivity index (χ4v) is 3.40. The van der Waals surface area contributed by atoms with E-state index in [4.69, 9.17) is 11.6 Å². The first-order valence-corrected chi connectivity index (χ1v) is 6.56. The van der Waals surface area contributed by atoms with Crippen LogP contribution in [0.15, 0.2) is 0 Å². The molecule has 0 bridgehead atoms. The number of rotatable bonds is 2. The van der Waals surface area contributed by atoms with Crippen molar-refractivity contribution in [3.8, 4) is 0 Å². The number of carbonyl (C=O) groups excluding carboxylic acids is 1. The number of halogens is 1. The third kappa shape index (κ3) is 1.95. The predicted octanol–water partition coefficient (Wildman–Crippen LogP) is 1.62. The summed E-state index contributed by atoms with van der Waals surface area (Å²) in [6.07, 6.45) is 4.59. The molecule has 3 atom stereocenters. The number of nitrogens with zero attached hydrogens (tertiary/aromatic N) is 1. The highest BCUT2D eigenvalue weighted by molar-refractivity contribution is 6.30. The average Bonchev–Trinajstić information content (AvgIpc) is 2.67. The van der Waals surface area contributed by atoms with Gasteiger partial charge in [0.2, 0.25) is 5.91 Å². The summed E-state index contributed by atoms with van der Waals surface area (Å²) in [6.45, 7) is 3.41. The Bertz CT molecular complexity index is 282. The zero-order chi connectivity index (χ0) is 11.8. The highest BCUT2D eigenvalue weighted by Gasteiger charge is 2.48. The third-order valence-corrected chi connectivity index (χ3v) is 4.44. The molecule has 0 aromatic rings. The first-order chi connectivity index (χ1) is 7.59. The monoisotopic (exact) mass is 245 g/mol. The quantitative estimate of drug-likeness (QED) is 0.752. The zero-order valence-corrected chi connectivity index (χ0v) is 10.5. The normalized spacial score (nSPS) is 35.9. The van der Waals surface area contributed by atoms with E-state index in [9.17, 15) is 9.90 Å². The first kappa shape index (κ1) is 12.2. The lowest BCUT2D eigenvalue weighted by Gasteiger charge is -2.36. The summed E-state index contributed by atoms with van der Waals surface area (Å²) in [5.41, 5.74) is -0.0281. The lowest BCUT2D eigenvalue weighted by Crippen LogP contribution is -2.38. The van der Waals surface area contributed by atoms with Crippen molar-refractivity contribution in [2.75, 3.05) is 19.7 Å². The van der Waals surface area contributed by atoms with Gasteiger partial charge in [-0.2, -0.15) is 0 Å². The number of hydrogen-bond donors (Lipinski definition) is 1. The average molecular weight is 246 g/mol. The zero-order valence-electron chi connectivity index (χ0n) is 9.79. The van der Waals surface area contributed by atoms with E-state index in [2.05, 4.69) is 0 Å². The van der Waals surface area contributed by atoms with Crippen molar-refractivity contribution in [3.63, 3.8) is 0 Å². The molecule has 1 saturated carbocycles. The largest absolute Gasteiger partial charge is 0.396 e. The number of likely N-dealkylation sites (tertiary alicyclic amines) is 1. The SMILES string of the molecule is C[C@H](Cl)C(=O)N1C[C@@H]2CCCC[C@]2(CO)C1. The van der Waals surface area contributed by atoms with Crippen molar-refractivity contribution in [2.45, 2.75) is 38.0 Å². The van der Waals surface area contributed by atoms with Gasteiger partial charge < -0.3 is 10.0 Å². The number of aliphatic hydroxyl groups excluding tert-OH is 1. The third-order valence-electron chi connectivity index (χ3n) is 4.26. The van der Waals surface area contributed by atoms with Gasteiger partial charge in [0.1, 0.15) is 5.38 Å². The van der Waals surface area contributed by atoms with E-state index in [1.807, 2.05) is 4.90 Å². The van der Waals surface area contributed by atoms with Crippen LogP contribution in [-0.4, -0.2) is 41.0 Å². The summed E-state index contributed by atoms with van der Waals surface area (Å²) < 4.78 is 0. The van der Waals surface area contributed by atoms with Gasteiger partial charge in [0, 0.05) is 18.5 Å². The molecule has 0 aromatic carbocycles. The smallest absolute Gasteiger partial charge is 0.240 e. The van der Waals surface area contributed by atoms with Crippen LogP contribution in [0.25, 0.3) is 0 Å². The van der Waals surface area contributed by atoms with Crippen molar-refractivity contribution in [2.24, 2.45) is 11.3 Å². The lowest BCUT2D eigenvalue weighted by molar-refractivity contribution is -0.130. The number of aliphatic hydroxyl groups is 1. The van der Waals surface area contributed by atoms with E-state index in [-0.39, 0.29) is 17.9 Å². The Labute approximate surface area is 102 Å². The van der Waals surface area contributed by atoms with Crippen LogP contribution in [0, 0.1) is 11.3 Å². The van der Waals surface area contributed by atoms with E-state index in [1.165, 1.54) is 12.8 Å². The summed E-state index contributed by atoms with van der Waals surface area (Å²) in [4.78, 5) is 13.7. The van der Waals surface area contributed by atoms with E-state index in [1.54, 1.807) is 6.92 Å². The van der Waals surface area contributed by atoms with Crippen molar-refractivity contribution >= 4 is 17.5 Å². The second kappa shape index (κ2) is 4.53. The van der Waals surface area contributed by atoms with Crippen LogP contribution < -0.4 is 0 Å². The maximum absolute atomic E-state index is 11.9. The molecule has 0 radical (unpaired) electrons. The standard InChI is InChI=1S/C12H20ClNO2/c1-9(13)11(16)14-6-10-4-2-3-5-12(10,7-14)8-15/h9-10,15H,2-8H2,1H3/t9-,10-,12+/m0/s1. The van der Waals surface area contributed by atoms with Crippen molar-refractivity contribution in [1.82, 2.24) is 4.90 Å². The van der Waals surface area contributed by atoms with Gasteiger partial charge >= 0.3 is 0 Å². The Hall–Kier alpha value is -0.280. The van der Waals surface area contributed by atoms with Crippen LogP contribution in [-0.2, 0) is 4.79 Å². The molecule has 2 fully saturated rings. The number of hydrogen-bond acceptors (Lipinski definition) is 2. The number of carbonyl (C=O) groups is 1. The van der Waals surface area contributed by atoms with Crippen LogP contribution in [0.3, 0.4) is 0 Å². The molecule has 4 heteroatoms. The van der Waals surface area contributed by atoms with Gasteiger partial charge in [-0.05, 0) is 25.7 Å². The maximum Gasteiger partial charge on any atom is 0.240 e. The number of fused-ring (bicyclic) bond motifs is 1. The van der Waals surface area contributed by atoms with Crippen molar-refractivity contribution in [3.05, 3.63) is 0 Å². The molecule has 0 aromatic heterocycles. The fourth-order valence-electron chi connectivity index (χ4n) is 3.26. The Kier molecular flexibility index (Phi) is 3.45. The molecule has 92 valence electrons. The summed E-state index contributed by atoms with van der Waals surface area (Å²) >= 11 is 5.84. The fraction of sp³-hybridized carbons (Fsp3) is 0.917. The van der Waals surface area contributed by atoms with Gasteiger partial charge in [-0.25, -0.2) is 0 Å². The molecule has 1 saturated heterocycles. The highest BCUT2D eigenvalue weighted by atomic mass is 35.5. The molecule has 0 spiro atoms. The van der Waals surface area contributed by atoms with Gasteiger partial charge in [0.05, 0.1) is 6.61 Å². The van der Waals surface area contributed by atoms with Crippen LogP contribution in [0.1, 0.15) is 32.6 Å². The Morgan fingerprint density at radius 3 is 2.94 bits per heavy atom. The first-order valence-electron chi connectivity index (χ1n) is 6.13. The van der Waals surface area contributed by atoms with E-state index in [0.29, 0.717) is 12.5 Å². The Morgan fingerprint density at radius 1 is 1.62 bits per heavy atom. The summed E-state index contributed by atoms with van der Waals surface area (Å²) in [7, 11) is 0. The minimum absolute atomic E-state index is 0.0175. The molecule has 1 N–H and O–H groups in total. The highest BCUT2D eigenvalue weighted by Crippen LogP contribution is 2.46. The van der Waals surface area contributed by atoms with Gasteiger partial charge in [0.25, 0.3) is 0 Å². The second-order valence-electron chi connectivity index (χ2n) is 5.30. The molecule has 1 amide bonds. The molecule has 2 rings (SSSR count). The second-order valence-corrected chi connectivity index (χ2v) is 5.95. The van der Waals surface area contributed by atoms with Gasteiger partial charge in [0.15, 0.2) is 0 Å². The minimum atomic E-state index is -0.448. The maximum atomic E-state index is 11.9. The van der Waals surface area contributed by atoms with Crippen LogP contribution in [0.2, 0.25) is 0 Å². The van der Waals surface area contributed by atoms with E-state index >= 15 is 0 Å². The molecule has 0 unspecified atom stereocenters. The van der Waals surface area contributed by atoms with Crippen LogP contribution in [0.5, 0.6) is 0 Å². The van der Waals surface area contributed by atoms with Gasteiger partial charge in [-0.3, -0.25) is 4.79 Å². The molecular formula is C12H20ClNO2. The summed E-state index contributed by atoms with van der Waals surface area (Å²) in [5, 5.41) is 9.17. The molecule has 1 heterocycles. The molecule has 3 nitrogen and oxygen atoms in total. The van der Waals surface area contributed by atoms with Crippen molar-refractivity contribution < 1.29 is 9.90 Å². The summed E-state index contributed by atoms with van der Waals surface area (Å²) in [6, 6.07) is 0. The predicted molar refractivity (Wildman–Crippen MR) is 63.4 cm³/mol. The molecule has 1 aliphatic heterocycles. The lowest BCUT2D eigenvalue weighted by atomic mass is 9.69. The van der Waals surface area contributed by atoms with E-state index in [0.717, 1.165) is 19.4 Å². The molecule has 1 aliphatic carbocycles. The minimum Gasteiger partial charge on any atom is -0.396 e. The van der Waals surface area contributed by atoms with Crippen LogP contribution >= 0.6 is 11.6 Å². The molecule has 16 heavy (non-hydrogen) atoms.